The lowest BCUT2D eigenvalue weighted by Crippen LogP contribution is -2.32. The van der Waals surface area contributed by atoms with E-state index in [-0.39, 0.29) is 0 Å². The van der Waals surface area contributed by atoms with Gasteiger partial charge >= 0.3 is 0 Å². The summed E-state index contributed by atoms with van der Waals surface area (Å²) in [4.78, 5) is 2.63. The van der Waals surface area contributed by atoms with Crippen molar-refractivity contribution in [1.82, 2.24) is 10.2 Å². The molecule has 0 amide bonds. The van der Waals surface area contributed by atoms with Gasteiger partial charge in [0.05, 0.1) is 0 Å². The number of rotatable bonds is 9. The predicted octanol–water partition coefficient (Wildman–Crippen LogP) is 3.60. The second-order valence-electron chi connectivity index (χ2n) is 7.26. The fourth-order valence-electron chi connectivity index (χ4n) is 2.84. The summed E-state index contributed by atoms with van der Waals surface area (Å²) < 4.78 is 0. The van der Waals surface area contributed by atoms with Crippen LogP contribution in [0.1, 0.15) is 50.7 Å². The highest BCUT2D eigenvalue weighted by Gasteiger charge is 2.25. The molecule has 116 valence electrons. The Kier molecular flexibility index (Phi) is 4.97. The van der Waals surface area contributed by atoms with Crippen LogP contribution in [0.2, 0.25) is 0 Å². The molecule has 2 fully saturated rings. The quantitative estimate of drug-likeness (QED) is 0.746. The predicted molar refractivity (Wildman–Crippen MR) is 89.4 cm³/mol. The SMILES string of the molecule is CC(C)N(Cc1ccc(CCNC2CC2)cc1)CC1CC1. The standard InChI is InChI=1S/C19H30N2/c1-15(2)21(14-18-7-8-18)13-17-5-3-16(4-6-17)11-12-20-19-9-10-19/h3-6,15,18-20H,7-14H2,1-2H3. The van der Waals surface area contributed by atoms with Crippen LogP contribution in [-0.4, -0.2) is 30.1 Å². The van der Waals surface area contributed by atoms with Gasteiger partial charge in [-0.05, 0) is 69.5 Å². The van der Waals surface area contributed by atoms with E-state index in [0.29, 0.717) is 6.04 Å². The molecule has 1 aromatic rings. The van der Waals surface area contributed by atoms with Gasteiger partial charge in [-0.25, -0.2) is 0 Å². The average molecular weight is 286 g/mol. The molecule has 2 heteroatoms. The van der Waals surface area contributed by atoms with Gasteiger partial charge in [0, 0.05) is 25.2 Å². The number of hydrogen-bond acceptors (Lipinski definition) is 2. The molecule has 0 saturated heterocycles. The monoisotopic (exact) mass is 286 g/mol. The molecule has 1 aromatic carbocycles. The molecule has 1 N–H and O–H groups in total. The van der Waals surface area contributed by atoms with Gasteiger partial charge < -0.3 is 5.32 Å². The third-order valence-corrected chi connectivity index (χ3v) is 4.75. The molecule has 0 spiro atoms. The van der Waals surface area contributed by atoms with Crippen LogP contribution in [0.4, 0.5) is 0 Å². The van der Waals surface area contributed by atoms with Crippen LogP contribution in [0.3, 0.4) is 0 Å². The first-order chi connectivity index (χ1) is 10.2. The Bertz CT molecular complexity index is 429. The fraction of sp³-hybridized carbons (Fsp3) is 0.684. The van der Waals surface area contributed by atoms with E-state index in [1.807, 2.05) is 0 Å². The third-order valence-electron chi connectivity index (χ3n) is 4.75. The van der Waals surface area contributed by atoms with Gasteiger partial charge in [-0.1, -0.05) is 24.3 Å². The summed E-state index contributed by atoms with van der Waals surface area (Å²) in [6, 6.07) is 10.8. The molecule has 21 heavy (non-hydrogen) atoms. The maximum atomic E-state index is 3.59. The van der Waals surface area contributed by atoms with Crippen molar-refractivity contribution in [1.29, 1.82) is 0 Å². The van der Waals surface area contributed by atoms with Gasteiger partial charge in [0.2, 0.25) is 0 Å². The van der Waals surface area contributed by atoms with Crippen molar-refractivity contribution in [3.63, 3.8) is 0 Å². The molecule has 0 atom stereocenters. The van der Waals surface area contributed by atoms with Gasteiger partial charge in [0.1, 0.15) is 0 Å². The first kappa shape index (κ1) is 15.1. The Morgan fingerprint density at radius 2 is 1.71 bits per heavy atom. The van der Waals surface area contributed by atoms with Crippen LogP contribution in [0.25, 0.3) is 0 Å². The summed E-state index contributed by atoms with van der Waals surface area (Å²) in [6.07, 6.45) is 6.80. The van der Waals surface area contributed by atoms with Gasteiger partial charge in [-0.3, -0.25) is 4.90 Å². The fourth-order valence-corrected chi connectivity index (χ4v) is 2.84. The zero-order chi connectivity index (χ0) is 14.7. The van der Waals surface area contributed by atoms with E-state index in [9.17, 15) is 0 Å². The first-order valence-corrected chi connectivity index (χ1v) is 8.76. The smallest absolute Gasteiger partial charge is 0.0236 e. The average Bonchev–Trinajstić information content (AvgIpc) is 3.34. The van der Waals surface area contributed by atoms with Crippen LogP contribution >= 0.6 is 0 Å². The van der Waals surface area contributed by atoms with E-state index in [1.54, 1.807) is 0 Å². The molecule has 3 rings (SSSR count). The van der Waals surface area contributed by atoms with E-state index < -0.39 is 0 Å². The molecule has 0 aliphatic heterocycles. The largest absolute Gasteiger partial charge is 0.314 e. The summed E-state index contributed by atoms with van der Waals surface area (Å²) in [7, 11) is 0. The second-order valence-corrected chi connectivity index (χ2v) is 7.26. The molecule has 0 radical (unpaired) electrons. The Morgan fingerprint density at radius 1 is 1.05 bits per heavy atom. The number of nitrogens with zero attached hydrogens (tertiary/aromatic N) is 1. The minimum atomic E-state index is 0.646. The Hall–Kier alpha value is -0.860. The highest BCUT2D eigenvalue weighted by Crippen LogP contribution is 2.30. The second kappa shape index (κ2) is 6.93. The van der Waals surface area contributed by atoms with Gasteiger partial charge in [0.25, 0.3) is 0 Å². The van der Waals surface area contributed by atoms with Crippen molar-refractivity contribution in [2.75, 3.05) is 13.1 Å². The molecule has 2 aliphatic carbocycles. The molecule has 0 bridgehead atoms. The highest BCUT2D eigenvalue weighted by molar-refractivity contribution is 5.23. The van der Waals surface area contributed by atoms with Crippen LogP contribution in [-0.2, 0) is 13.0 Å². The van der Waals surface area contributed by atoms with E-state index in [2.05, 4.69) is 48.3 Å². The van der Waals surface area contributed by atoms with Crippen molar-refractivity contribution in [3.05, 3.63) is 35.4 Å². The lowest BCUT2D eigenvalue weighted by molar-refractivity contribution is 0.204. The highest BCUT2D eigenvalue weighted by atomic mass is 15.1. The molecule has 0 heterocycles. The first-order valence-electron chi connectivity index (χ1n) is 8.76. The Labute approximate surface area is 129 Å². The van der Waals surface area contributed by atoms with Crippen LogP contribution in [0.5, 0.6) is 0 Å². The van der Waals surface area contributed by atoms with Crippen molar-refractivity contribution in [2.24, 2.45) is 5.92 Å². The zero-order valence-electron chi connectivity index (χ0n) is 13.6. The lowest BCUT2D eigenvalue weighted by atomic mass is 10.1. The Balaban J connectivity index is 1.47. The van der Waals surface area contributed by atoms with Gasteiger partial charge in [-0.2, -0.15) is 0 Å². The summed E-state index contributed by atoms with van der Waals surface area (Å²) in [6.45, 7) is 8.16. The minimum absolute atomic E-state index is 0.646. The molecule has 2 aliphatic rings. The maximum absolute atomic E-state index is 3.59. The molecule has 0 aromatic heterocycles. The zero-order valence-corrected chi connectivity index (χ0v) is 13.6. The van der Waals surface area contributed by atoms with Crippen molar-refractivity contribution in [3.8, 4) is 0 Å². The van der Waals surface area contributed by atoms with E-state index in [0.717, 1.165) is 31.5 Å². The van der Waals surface area contributed by atoms with Crippen LogP contribution < -0.4 is 5.32 Å². The van der Waals surface area contributed by atoms with E-state index in [1.165, 1.54) is 43.4 Å². The number of benzene rings is 1. The van der Waals surface area contributed by atoms with E-state index in [4.69, 9.17) is 0 Å². The van der Waals surface area contributed by atoms with Crippen molar-refractivity contribution >= 4 is 0 Å². The van der Waals surface area contributed by atoms with Crippen molar-refractivity contribution < 1.29 is 0 Å². The lowest BCUT2D eigenvalue weighted by Gasteiger charge is -2.26. The van der Waals surface area contributed by atoms with Crippen LogP contribution in [0.15, 0.2) is 24.3 Å². The maximum Gasteiger partial charge on any atom is 0.0236 e. The Morgan fingerprint density at radius 3 is 2.29 bits per heavy atom. The molecule has 2 nitrogen and oxygen atoms in total. The molecule has 2 saturated carbocycles. The van der Waals surface area contributed by atoms with Gasteiger partial charge in [0.15, 0.2) is 0 Å². The topological polar surface area (TPSA) is 15.3 Å². The van der Waals surface area contributed by atoms with Crippen LogP contribution in [0, 0.1) is 5.92 Å². The summed E-state index contributed by atoms with van der Waals surface area (Å²) in [5.41, 5.74) is 2.92. The summed E-state index contributed by atoms with van der Waals surface area (Å²) in [5, 5.41) is 3.59. The number of nitrogens with one attached hydrogen (secondary N) is 1. The normalized spacial score (nSPS) is 18.7. The summed E-state index contributed by atoms with van der Waals surface area (Å²) in [5.74, 6) is 0.972. The number of hydrogen-bond donors (Lipinski definition) is 1. The minimum Gasteiger partial charge on any atom is -0.314 e. The van der Waals surface area contributed by atoms with Crippen molar-refractivity contribution in [2.45, 2.75) is 64.6 Å². The molecule has 0 unspecified atom stereocenters. The third kappa shape index (κ3) is 5.12. The summed E-state index contributed by atoms with van der Waals surface area (Å²) >= 11 is 0. The molecular formula is C19H30N2. The van der Waals surface area contributed by atoms with E-state index >= 15 is 0 Å². The van der Waals surface area contributed by atoms with Gasteiger partial charge in [-0.15, -0.1) is 0 Å². The molecular weight excluding hydrogens is 256 g/mol.